The average Bonchev–Trinajstić information content (AvgIpc) is 3.47. The van der Waals surface area contributed by atoms with Crippen LogP contribution in [0, 0.1) is 6.92 Å². The summed E-state index contributed by atoms with van der Waals surface area (Å²) in [7, 11) is 0. The van der Waals surface area contributed by atoms with E-state index in [0.717, 1.165) is 23.7 Å². The molecule has 0 bridgehead atoms. The van der Waals surface area contributed by atoms with Gasteiger partial charge in [0.1, 0.15) is 17.0 Å². The summed E-state index contributed by atoms with van der Waals surface area (Å²) in [4.78, 5) is 10.7. The zero-order valence-corrected chi connectivity index (χ0v) is 23.9. The molecular weight excluding hydrogens is 514 g/mol. The number of para-hydroxylation sites is 2. The number of anilines is 2. The predicted octanol–water partition coefficient (Wildman–Crippen LogP) is 7.39. The highest BCUT2D eigenvalue weighted by molar-refractivity contribution is 8.00. The number of aryl methyl sites for hydroxylation is 1. The summed E-state index contributed by atoms with van der Waals surface area (Å²) >= 11 is 1.85. The molecule has 204 valence electrons. The second-order valence-corrected chi connectivity index (χ2v) is 10.4. The van der Waals surface area contributed by atoms with Crippen LogP contribution < -0.4 is 26.7 Å². The molecule has 0 amide bonds. The number of fused-ring (bicyclic) bond motifs is 4. The van der Waals surface area contributed by atoms with Crippen molar-refractivity contribution >= 4 is 39.7 Å². The van der Waals surface area contributed by atoms with Gasteiger partial charge in [-0.05, 0) is 47.7 Å². The summed E-state index contributed by atoms with van der Waals surface area (Å²) in [6.07, 6.45) is 4.37. The minimum atomic E-state index is 0.233. The van der Waals surface area contributed by atoms with E-state index in [9.17, 15) is 0 Å². The summed E-state index contributed by atoms with van der Waals surface area (Å²) in [5, 5.41) is 13.5. The summed E-state index contributed by atoms with van der Waals surface area (Å²) in [5.41, 5.74) is 7.09. The minimum absolute atomic E-state index is 0.233. The lowest BCUT2D eigenvalue weighted by Crippen LogP contribution is -2.33. The zero-order valence-electron chi connectivity index (χ0n) is 23.1. The number of hydrogen-bond donors (Lipinski definition) is 4. The van der Waals surface area contributed by atoms with E-state index in [1.54, 1.807) is 0 Å². The van der Waals surface area contributed by atoms with Gasteiger partial charge < -0.3 is 20.8 Å². The Morgan fingerprint density at radius 2 is 1.68 bits per heavy atom. The number of nitrogens with one attached hydrogen (secondary N) is 3. The number of benzene rings is 4. The molecule has 0 saturated carbocycles. The molecule has 0 saturated heterocycles. The molecule has 3 aliphatic rings. The van der Waals surface area contributed by atoms with Gasteiger partial charge in [-0.1, -0.05) is 98.4 Å². The lowest BCUT2D eigenvalue weighted by atomic mass is 10.0. The fourth-order valence-corrected chi connectivity index (χ4v) is 5.90. The maximum atomic E-state index is 4.95. The number of nitrogens with two attached hydrogens (primary N) is 1. The van der Waals surface area contributed by atoms with E-state index >= 15 is 0 Å². The van der Waals surface area contributed by atoms with Crippen molar-refractivity contribution in [2.45, 2.75) is 37.6 Å². The molecule has 5 N–H and O–H groups in total. The monoisotopic (exact) mass is 549 g/mol. The predicted molar refractivity (Wildman–Crippen MR) is 170 cm³/mol. The van der Waals surface area contributed by atoms with Gasteiger partial charge >= 0.3 is 0 Å². The maximum Gasteiger partial charge on any atom is 0.149 e. The smallest absolute Gasteiger partial charge is 0.149 e. The van der Waals surface area contributed by atoms with Crippen molar-refractivity contribution in [3.05, 3.63) is 119 Å². The van der Waals surface area contributed by atoms with Crippen LogP contribution in [-0.2, 0) is 6.54 Å². The van der Waals surface area contributed by atoms with E-state index in [2.05, 4.69) is 93.6 Å². The first-order valence-corrected chi connectivity index (χ1v) is 14.5. The van der Waals surface area contributed by atoms with Gasteiger partial charge in [-0.25, -0.2) is 0 Å². The van der Waals surface area contributed by atoms with Crippen molar-refractivity contribution in [1.29, 1.82) is 0 Å². The van der Waals surface area contributed by atoms with Crippen LogP contribution in [0.3, 0.4) is 0 Å². The van der Waals surface area contributed by atoms with Crippen molar-refractivity contribution in [3.8, 4) is 5.75 Å². The van der Waals surface area contributed by atoms with Gasteiger partial charge in [0.2, 0.25) is 0 Å². The molecule has 1 unspecified atom stereocenters. The SMILES string of the molecule is C1=C(C2=NCc3ccc4ccccc4c3N2)CNC(C2Nc3ccccc3S2)=C1.CC.Cc1ccccc1ON. The molecule has 6 nitrogen and oxygen atoms in total. The first kappa shape index (κ1) is 27.4. The van der Waals surface area contributed by atoms with E-state index in [-0.39, 0.29) is 5.37 Å². The summed E-state index contributed by atoms with van der Waals surface area (Å²) in [6, 6.07) is 28.9. The molecule has 0 spiro atoms. The normalized spacial score (nSPS) is 16.5. The molecular formula is C33H35N5OS. The molecule has 3 aliphatic heterocycles. The van der Waals surface area contributed by atoms with E-state index in [4.69, 9.17) is 10.9 Å². The number of aliphatic imine (C=N–C) groups is 1. The van der Waals surface area contributed by atoms with Crippen molar-refractivity contribution in [3.63, 3.8) is 0 Å². The molecule has 3 heterocycles. The van der Waals surface area contributed by atoms with Crippen molar-refractivity contribution < 1.29 is 4.84 Å². The summed E-state index contributed by atoms with van der Waals surface area (Å²) < 4.78 is 0. The fraction of sp³-hybridized carbons (Fsp3) is 0.182. The van der Waals surface area contributed by atoms with Gasteiger partial charge in [0.25, 0.3) is 0 Å². The molecule has 4 aromatic carbocycles. The van der Waals surface area contributed by atoms with Crippen molar-refractivity contribution in [2.75, 3.05) is 17.2 Å². The Kier molecular flexibility index (Phi) is 8.74. The maximum absolute atomic E-state index is 4.95. The highest BCUT2D eigenvalue weighted by atomic mass is 32.2. The Balaban J connectivity index is 0.000000250. The number of amidine groups is 1. The second-order valence-electron chi connectivity index (χ2n) is 9.30. The molecule has 1 atom stereocenters. The first-order valence-electron chi connectivity index (χ1n) is 13.6. The van der Waals surface area contributed by atoms with E-state index in [0.29, 0.717) is 6.54 Å². The quantitative estimate of drug-likeness (QED) is 0.199. The molecule has 0 aromatic heterocycles. The van der Waals surface area contributed by atoms with E-state index in [1.807, 2.05) is 56.8 Å². The zero-order chi connectivity index (χ0) is 27.9. The Morgan fingerprint density at radius 3 is 2.42 bits per heavy atom. The summed E-state index contributed by atoms with van der Waals surface area (Å²) in [6.45, 7) is 7.43. The third-order valence-electron chi connectivity index (χ3n) is 6.84. The van der Waals surface area contributed by atoms with E-state index < -0.39 is 0 Å². The summed E-state index contributed by atoms with van der Waals surface area (Å²) in [5.74, 6) is 6.65. The van der Waals surface area contributed by atoms with Crippen LogP contribution in [0.5, 0.6) is 5.75 Å². The van der Waals surface area contributed by atoms with Crippen LogP contribution in [0.4, 0.5) is 11.4 Å². The Morgan fingerprint density at radius 1 is 0.900 bits per heavy atom. The highest BCUT2D eigenvalue weighted by Crippen LogP contribution is 2.40. The van der Waals surface area contributed by atoms with Gasteiger partial charge in [0.05, 0.1) is 12.2 Å². The van der Waals surface area contributed by atoms with Crippen LogP contribution in [0.2, 0.25) is 0 Å². The van der Waals surface area contributed by atoms with Gasteiger partial charge in [0, 0.05) is 33.8 Å². The highest BCUT2D eigenvalue weighted by Gasteiger charge is 2.26. The number of thioether (sulfide) groups is 1. The third-order valence-corrected chi connectivity index (χ3v) is 8.06. The molecule has 0 fully saturated rings. The number of dihydropyridines is 1. The standard InChI is InChI=1S/C24H20N4S.C7H9NO.C2H6/c1-2-6-18-15(5-1)9-10-16-13-26-23(28-22(16)18)17-11-12-20(25-14-17)24-27-19-7-3-4-8-21(19)29-24;1-6-4-2-3-5-7(6)9-8;1-2/h1-12,24-25,27H,13-14H2,(H,26,28);2-5H,8H2,1H3;1-2H3. The van der Waals surface area contributed by atoms with Crippen molar-refractivity contribution in [2.24, 2.45) is 10.9 Å². The number of nitrogens with zero attached hydrogens (tertiary/aromatic N) is 1. The van der Waals surface area contributed by atoms with Gasteiger partial charge in [-0.15, -0.1) is 0 Å². The average molecular weight is 550 g/mol. The molecule has 4 aromatic rings. The molecule has 0 radical (unpaired) electrons. The fourth-order valence-electron chi connectivity index (χ4n) is 4.76. The molecule has 40 heavy (non-hydrogen) atoms. The van der Waals surface area contributed by atoms with Crippen LogP contribution in [-0.4, -0.2) is 17.8 Å². The van der Waals surface area contributed by atoms with Gasteiger partial charge in [-0.3, -0.25) is 4.99 Å². The lowest BCUT2D eigenvalue weighted by Gasteiger charge is -2.26. The first-order chi connectivity index (χ1) is 19.7. The topological polar surface area (TPSA) is 83.7 Å². The number of rotatable bonds is 3. The Labute approximate surface area is 240 Å². The van der Waals surface area contributed by atoms with Gasteiger partial charge in [-0.2, -0.15) is 5.90 Å². The third kappa shape index (κ3) is 5.86. The molecule has 7 heteroatoms. The van der Waals surface area contributed by atoms with Gasteiger partial charge in [0.15, 0.2) is 0 Å². The molecule has 7 rings (SSSR count). The van der Waals surface area contributed by atoms with Crippen LogP contribution in [0.1, 0.15) is 25.0 Å². The van der Waals surface area contributed by atoms with Crippen LogP contribution in [0.15, 0.2) is 118 Å². The van der Waals surface area contributed by atoms with E-state index in [1.165, 1.54) is 43.9 Å². The number of hydrogen-bond acceptors (Lipinski definition) is 7. The Bertz CT molecular complexity index is 1570. The minimum Gasteiger partial charge on any atom is -0.411 e. The second kappa shape index (κ2) is 12.8. The number of allylic oxidation sites excluding steroid dienone is 2. The van der Waals surface area contributed by atoms with Crippen molar-refractivity contribution in [1.82, 2.24) is 5.32 Å². The Hall–Kier alpha value is -4.20. The lowest BCUT2D eigenvalue weighted by molar-refractivity contribution is 0.332. The molecule has 0 aliphatic carbocycles. The van der Waals surface area contributed by atoms with Crippen LogP contribution in [0.25, 0.3) is 10.8 Å². The van der Waals surface area contributed by atoms with Crippen LogP contribution >= 0.6 is 11.8 Å². The largest absolute Gasteiger partial charge is 0.411 e.